The molecule has 0 saturated carbocycles. The number of nitrogens with two attached hydrogens (primary N) is 1. The fourth-order valence-corrected chi connectivity index (χ4v) is 2.35. The van der Waals surface area contributed by atoms with E-state index in [0.717, 1.165) is 5.56 Å². The summed E-state index contributed by atoms with van der Waals surface area (Å²) in [5.74, 6) is 0.716. The highest BCUT2D eigenvalue weighted by molar-refractivity contribution is 5.73. The average Bonchev–Trinajstić information content (AvgIpc) is 2.61. The van der Waals surface area contributed by atoms with Crippen LogP contribution in [0.2, 0.25) is 0 Å². The Kier molecular flexibility index (Phi) is 7.22. The van der Waals surface area contributed by atoms with Crippen molar-refractivity contribution in [3.8, 4) is 11.5 Å². The van der Waals surface area contributed by atoms with E-state index in [-0.39, 0.29) is 18.3 Å². The molecular formula is C19H23FN2O3. The lowest BCUT2D eigenvalue weighted by atomic mass is 10.2. The van der Waals surface area contributed by atoms with Gasteiger partial charge in [0.25, 0.3) is 0 Å². The summed E-state index contributed by atoms with van der Waals surface area (Å²) in [5, 5.41) is 3.24. The molecule has 2 rings (SSSR count). The first-order valence-corrected chi connectivity index (χ1v) is 8.12. The maximum atomic E-state index is 13.6. The summed E-state index contributed by atoms with van der Waals surface area (Å²) in [6.07, 6.45) is 1.06. The molecule has 1 amide bonds. The third-order valence-corrected chi connectivity index (χ3v) is 3.70. The largest absolute Gasteiger partial charge is 0.496 e. The first-order valence-electron chi connectivity index (χ1n) is 8.12. The van der Waals surface area contributed by atoms with Crippen LogP contribution in [0.1, 0.15) is 24.0 Å². The van der Waals surface area contributed by atoms with Gasteiger partial charge in [0, 0.05) is 30.2 Å². The Bertz CT molecular complexity index is 707. The molecule has 6 heteroatoms. The molecule has 0 heterocycles. The minimum Gasteiger partial charge on any atom is -0.496 e. The van der Waals surface area contributed by atoms with E-state index in [4.69, 9.17) is 15.2 Å². The second-order valence-electron chi connectivity index (χ2n) is 5.60. The predicted octanol–water partition coefficient (Wildman–Crippen LogP) is 2.77. The second-order valence-corrected chi connectivity index (χ2v) is 5.60. The van der Waals surface area contributed by atoms with Crippen LogP contribution in [0.5, 0.6) is 11.5 Å². The van der Waals surface area contributed by atoms with E-state index in [1.54, 1.807) is 31.4 Å². The molecule has 0 aliphatic rings. The predicted molar refractivity (Wildman–Crippen MR) is 93.9 cm³/mol. The smallest absolute Gasteiger partial charge is 0.217 e. The van der Waals surface area contributed by atoms with Crippen molar-refractivity contribution >= 4 is 5.91 Å². The van der Waals surface area contributed by atoms with E-state index >= 15 is 0 Å². The van der Waals surface area contributed by atoms with Gasteiger partial charge in [0.2, 0.25) is 5.91 Å². The quantitative estimate of drug-likeness (QED) is 0.649. The highest BCUT2D eigenvalue weighted by Crippen LogP contribution is 2.25. The number of primary amides is 1. The van der Waals surface area contributed by atoms with Gasteiger partial charge in [-0.15, -0.1) is 0 Å². The van der Waals surface area contributed by atoms with Gasteiger partial charge < -0.3 is 20.5 Å². The SMILES string of the molecule is COc1cc(OCc2ccccc2F)ccc1CNCCCC(N)=O. The lowest BCUT2D eigenvalue weighted by molar-refractivity contribution is -0.118. The average molecular weight is 346 g/mol. The van der Waals surface area contributed by atoms with Gasteiger partial charge in [0.05, 0.1) is 7.11 Å². The van der Waals surface area contributed by atoms with E-state index in [2.05, 4.69) is 5.32 Å². The van der Waals surface area contributed by atoms with E-state index in [1.165, 1.54) is 6.07 Å². The third kappa shape index (κ3) is 6.08. The molecule has 3 N–H and O–H groups in total. The van der Waals surface area contributed by atoms with Crippen molar-refractivity contribution in [2.45, 2.75) is 26.0 Å². The van der Waals surface area contributed by atoms with Gasteiger partial charge in [-0.1, -0.05) is 24.3 Å². The van der Waals surface area contributed by atoms with Gasteiger partial charge in [0.1, 0.15) is 23.9 Å². The standard InChI is InChI=1S/C19H23FN2O3/c1-24-18-11-16(25-13-15-5-2-3-6-17(15)20)9-8-14(18)12-22-10-4-7-19(21)23/h2-3,5-6,8-9,11,22H,4,7,10,12-13H2,1H3,(H2,21,23). The molecule has 0 radical (unpaired) electrons. The van der Waals surface area contributed by atoms with Crippen LogP contribution in [-0.4, -0.2) is 19.6 Å². The van der Waals surface area contributed by atoms with E-state index in [1.807, 2.05) is 12.1 Å². The number of hydrogen-bond donors (Lipinski definition) is 2. The fourth-order valence-electron chi connectivity index (χ4n) is 2.35. The second kappa shape index (κ2) is 9.64. The Morgan fingerprint density at radius 2 is 2.00 bits per heavy atom. The van der Waals surface area contributed by atoms with Crippen molar-refractivity contribution in [1.82, 2.24) is 5.32 Å². The normalized spacial score (nSPS) is 10.5. The molecule has 0 aliphatic heterocycles. The molecule has 2 aromatic carbocycles. The fraction of sp³-hybridized carbons (Fsp3) is 0.316. The first kappa shape index (κ1) is 18.7. The van der Waals surface area contributed by atoms with E-state index in [0.29, 0.717) is 43.0 Å². The monoisotopic (exact) mass is 346 g/mol. The molecule has 2 aromatic rings. The molecule has 0 spiro atoms. The number of ether oxygens (including phenoxy) is 2. The van der Waals surface area contributed by atoms with Gasteiger partial charge >= 0.3 is 0 Å². The third-order valence-electron chi connectivity index (χ3n) is 3.70. The summed E-state index contributed by atoms with van der Waals surface area (Å²) in [6, 6.07) is 12.0. The van der Waals surface area contributed by atoms with Crippen LogP contribution in [0, 0.1) is 5.82 Å². The number of hydrogen-bond acceptors (Lipinski definition) is 4. The number of carbonyl (C=O) groups is 1. The Labute approximate surface area is 146 Å². The number of benzene rings is 2. The lowest BCUT2D eigenvalue weighted by Crippen LogP contribution is -2.18. The van der Waals surface area contributed by atoms with Crippen molar-refractivity contribution in [2.24, 2.45) is 5.73 Å². The molecule has 0 saturated heterocycles. The van der Waals surface area contributed by atoms with Gasteiger partial charge in [-0.05, 0) is 25.1 Å². The van der Waals surface area contributed by atoms with Crippen molar-refractivity contribution in [3.63, 3.8) is 0 Å². The van der Waals surface area contributed by atoms with E-state index in [9.17, 15) is 9.18 Å². The topological polar surface area (TPSA) is 73.6 Å². The molecule has 0 aliphatic carbocycles. The molecular weight excluding hydrogens is 323 g/mol. The maximum absolute atomic E-state index is 13.6. The molecule has 0 atom stereocenters. The molecule has 0 aromatic heterocycles. The number of amides is 1. The Morgan fingerprint density at radius 1 is 1.20 bits per heavy atom. The number of methoxy groups -OCH3 is 1. The highest BCUT2D eigenvalue weighted by atomic mass is 19.1. The van der Waals surface area contributed by atoms with Gasteiger partial charge in [-0.3, -0.25) is 4.79 Å². The lowest BCUT2D eigenvalue weighted by Gasteiger charge is -2.13. The summed E-state index contributed by atoms with van der Waals surface area (Å²) in [6.45, 7) is 1.45. The number of carbonyl (C=O) groups excluding carboxylic acids is 1. The van der Waals surface area contributed by atoms with Crippen LogP contribution in [0.15, 0.2) is 42.5 Å². The Balaban J connectivity index is 1.89. The molecule has 5 nitrogen and oxygen atoms in total. The summed E-state index contributed by atoms with van der Waals surface area (Å²) in [4.78, 5) is 10.7. The van der Waals surface area contributed by atoms with Crippen LogP contribution < -0.4 is 20.5 Å². The molecule has 134 valence electrons. The molecule has 0 unspecified atom stereocenters. The summed E-state index contributed by atoms with van der Waals surface area (Å²) in [7, 11) is 1.59. The van der Waals surface area contributed by atoms with Crippen molar-refractivity contribution in [3.05, 3.63) is 59.4 Å². The molecule has 0 fully saturated rings. The molecule has 0 bridgehead atoms. The van der Waals surface area contributed by atoms with Crippen LogP contribution in [0.3, 0.4) is 0 Å². The van der Waals surface area contributed by atoms with E-state index < -0.39 is 0 Å². The Morgan fingerprint density at radius 3 is 2.72 bits per heavy atom. The van der Waals surface area contributed by atoms with Gasteiger partial charge in [-0.25, -0.2) is 4.39 Å². The van der Waals surface area contributed by atoms with Crippen LogP contribution in [0.25, 0.3) is 0 Å². The van der Waals surface area contributed by atoms with Crippen molar-refractivity contribution in [1.29, 1.82) is 0 Å². The Hall–Kier alpha value is -2.60. The van der Waals surface area contributed by atoms with Crippen molar-refractivity contribution < 1.29 is 18.7 Å². The first-order chi connectivity index (χ1) is 12.1. The number of nitrogens with one attached hydrogen (secondary N) is 1. The van der Waals surface area contributed by atoms with Crippen molar-refractivity contribution in [2.75, 3.05) is 13.7 Å². The van der Waals surface area contributed by atoms with Gasteiger partial charge in [0.15, 0.2) is 0 Å². The maximum Gasteiger partial charge on any atom is 0.217 e. The number of rotatable bonds is 10. The van der Waals surface area contributed by atoms with Crippen LogP contribution in [0.4, 0.5) is 4.39 Å². The zero-order chi connectivity index (χ0) is 18.1. The minimum atomic E-state index is -0.296. The molecule has 25 heavy (non-hydrogen) atoms. The number of halogens is 1. The zero-order valence-corrected chi connectivity index (χ0v) is 14.3. The summed E-state index contributed by atoms with van der Waals surface area (Å²) < 4.78 is 24.6. The zero-order valence-electron chi connectivity index (χ0n) is 14.3. The minimum absolute atomic E-state index is 0.153. The van der Waals surface area contributed by atoms with Crippen LogP contribution >= 0.6 is 0 Å². The van der Waals surface area contributed by atoms with Gasteiger partial charge in [-0.2, -0.15) is 0 Å². The summed E-state index contributed by atoms with van der Waals surface area (Å²) in [5.41, 5.74) is 6.58. The van der Waals surface area contributed by atoms with Crippen LogP contribution in [-0.2, 0) is 17.9 Å². The highest BCUT2D eigenvalue weighted by Gasteiger charge is 2.07. The summed E-state index contributed by atoms with van der Waals surface area (Å²) >= 11 is 0.